The van der Waals surface area contributed by atoms with Crippen LogP contribution in [-0.4, -0.2) is 24.8 Å². The van der Waals surface area contributed by atoms with Gasteiger partial charge in [0.25, 0.3) is 0 Å². The maximum absolute atomic E-state index is 11.8. The van der Waals surface area contributed by atoms with Crippen LogP contribution in [0.1, 0.15) is 18.4 Å². The van der Waals surface area contributed by atoms with Crippen LogP contribution >= 0.6 is 0 Å². The van der Waals surface area contributed by atoms with Crippen LogP contribution in [0, 0.1) is 0 Å². The first-order chi connectivity index (χ1) is 8.01. The van der Waals surface area contributed by atoms with Gasteiger partial charge in [-0.2, -0.15) is 13.2 Å². The van der Waals surface area contributed by atoms with Crippen molar-refractivity contribution in [2.75, 3.05) is 13.7 Å². The lowest BCUT2D eigenvalue weighted by atomic mass is 10.3. The molecule has 0 bridgehead atoms. The normalized spacial score (nSPS) is 11.5. The van der Waals surface area contributed by atoms with Crippen molar-refractivity contribution in [1.29, 1.82) is 0 Å². The van der Waals surface area contributed by atoms with Gasteiger partial charge in [0.2, 0.25) is 5.88 Å². The zero-order valence-electron chi connectivity index (χ0n) is 9.55. The van der Waals surface area contributed by atoms with Gasteiger partial charge in [0.1, 0.15) is 0 Å². The summed E-state index contributed by atoms with van der Waals surface area (Å²) in [5, 5.41) is 2.97. The standard InChI is InChI=1S/C11H15F3N2O/c1-15-7-9-3-4-10(16-8-9)17-6-2-5-11(12,13)14/h3-4,8,15H,2,5-7H2,1H3. The molecule has 17 heavy (non-hydrogen) atoms. The zero-order valence-corrected chi connectivity index (χ0v) is 9.55. The molecule has 0 saturated carbocycles. The van der Waals surface area contributed by atoms with Gasteiger partial charge in [-0.05, 0) is 19.0 Å². The Labute approximate surface area is 98.0 Å². The maximum atomic E-state index is 11.8. The molecule has 0 aliphatic heterocycles. The van der Waals surface area contributed by atoms with E-state index in [4.69, 9.17) is 4.74 Å². The lowest BCUT2D eigenvalue weighted by Crippen LogP contribution is -2.10. The van der Waals surface area contributed by atoms with Crippen LogP contribution in [0.4, 0.5) is 13.2 Å². The van der Waals surface area contributed by atoms with E-state index < -0.39 is 12.6 Å². The molecule has 1 N–H and O–H groups in total. The molecular formula is C11H15F3N2O. The van der Waals surface area contributed by atoms with E-state index in [1.807, 2.05) is 13.1 Å². The Morgan fingerprint density at radius 1 is 1.35 bits per heavy atom. The number of hydrogen-bond donors (Lipinski definition) is 1. The SMILES string of the molecule is CNCc1ccc(OCCCC(F)(F)F)nc1. The lowest BCUT2D eigenvalue weighted by molar-refractivity contribution is -0.136. The van der Waals surface area contributed by atoms with Gasteiger partial charge in [0, 0.05) is 25.2 Å². The van der Waals surface area contributed by atoms with E-state index in [2.05, 4.69) is 10.3 Å². The summed E-state index contributed by atoms with van der Waals surface area (Å²) in [5.74, 6) is 0.354. The van der Waals surface area contributed by atoms with Gasteiger partial charge in [-0.3, -0.25) is 0 Å². The number of nitrogens with one attached hydrogen (secondary N) is 1. The minimum absolute atomic E-state index is 0.0257. The van der Waals surface area contributed by atoms with E-state index in [-0.39, 0.29) is 13.0 Å². The van der Waals surface area contributed by atoms with Crippen LogP contribution < -0.4 is 10.1 Å². The number of ether oxygens (including phenoxy) is 1. The Balaban J connectivity index is 2.27. The van der Waals surface area contributed by atoms with Gasteiger partial charge < -0.3 is 10.1 Å². The summed E-state index contributed by atoms with van der Waals surface area (Å²) in [6, 6.07) is 3.48. The lowest BCUT2D eigenvalue weighted by Gasteiger charge is -2.07. The van der Waals surface area contributed by atoms with Gasteiger partial charge >= 0.3 is 6.18 Å². The Hall–Kier alpha value is -1.30. The predicted octanol–water partition coefficient (Wildman–Crippen LogP) is 2.52. The average molecular weight is 248 g/mol. The molecule has 0 aromatic carbocycles. The predicted molar refractivity (Wildman–Crippen MR) is 57.8 cm³/mol. The molecule has 0 unspecified atom stereocenters. The molecule has 96 valence electrons. The van der Waals surface area contributed by atoms with Gasteiger partial charge in [-0.25, -0.2) is 4.98 Å². The first-order valence-electron chi connectivity index (χ1n) is 5.30. The highest BCUT2D eigenvalue weighted by atomic mass is 19.4. The number of halogens is 3. The zero-order chi connectivity index (χ0) is 12.7. The summed E-state index contributed by atoms with van der Waals surface area (Å²) in [5.41, 5.74) is 0.996. The number of pyridine rings is 1. The highest BCUT2D eigenvalue weighted by Gasteiger charge is 2.26. The third kappa shape index (κ3) is 6.11. The van der Waals surface area contributed by atoms with E-state index >= 15 is 0 Å². The van der Waals surface area contributed by atoms with Crippen molar-refractivity contribution in [3.05, 3.63) is 23.9 Å². The quantitative estimate of drug-likeness (QED) is 0.785. The van der Waals surface area contributed by atoms with Crippen molar-refractivity contribution in [1.82, 2.24) is 10.3 Å². The summed E-state index contributed by atoms with van der Waals surface area (Å²) >= 11 is 0. The summed E-state index contributed by atoms with van der Waals surface area (Å²) in [6.07, 6.45) is -3.36. The smallest absolute Gasteiger partial charge is 0.389 e. The van der Waals surface area contributed by atoms with Crippen LogP contribution in [0.5, 0.6) is 5.88 Å². The fraction of sp³-hybridized carbons (Fsp3) is 0.545. The molecule has 6 heteroatoms. The molecule has 0 radical (unpaired) electrons. The van der Waals surface area contributed by atoms with Gasteiger partial charge in [-0.1, -0.05) is 6.07 Å². The van der Waals surface area contributed by atoms with E-state index in [9.17, 15) is 13.2 Å². The number of nitrogens with zero attached hydrogens (tertiary/aromatic N) is 1. The van der Waals surface area contributed by atoms with E-state index in [1.165, 1.54) is 0 Å². The van der Waals surface area contributed by atoms with Crippen molar-refractivity contribution in [3.8, 4) is 5.88 Å². The number of rotatable bonds is 6. The van der Waals surface area contributed by atoms with E-state index in [0.717, 1.165) is 5.56 Å². The minimum Gasteiger partial charge on any atom is -0.478 e. The van der Waals surface area contributed by atoms with Crippen LogP contribution in [0.3, 0.4) is 0 Å². The van der Waals surface area contributed by atoms with Crippen molar-refractivity contribution in [2.45, 2.75) is 25.6 Å². The van der Waals surface area contributed by atoms with Crippen molar-refractivity contribution in [2.24, 2.45) is 0 Å². The van der Waals surface area contributed by atoms with Crippen molar-refractivity contribution in [3.63, 3.8) is 0 Å². The maximum Gasteiger partial charge on any atom is 0.389 e. The molecule has 1 heterocycles. The highest BCUT2D eigenvalue weighted by Crippen LogP contribution is 2.21. The monoisotopic (exact) mass is 248 g/mol. The van der Waals surface area contributed by atoms with Crippen LogP contribution in [-0.2, 0) is 6.54 Å². The third-order valence-corrected chi connectivity index (χ3v) is 2.03. The topological polar surface area (TPSA) is 34.1 Å². The van der Waals surface area contributed by atoms with Crippen LogP contribution in [0.15, 0.2) is 18.3 Å². The molecule has 1 rings (SSSR count). The second kappa shape index (κ2) is 6.44. The highest BCUT2D eigenvalue weighted by molar-refractivity contribution is 5.17. The first kappa shape index (κ1) is 13.8. The molecule has 0 saturated heterocycles. The van der Waals surface area contributed by atoms with Crippen LogP contribution in [0.25, 0.3) is 0 Å². The molecule has 0 aliphatic rings. The van der Waals surface area contributed by atoms with Gasteiger partial charge in [-0.15, -0.1) is 0 Å². The molecule has 0 amide bonds. The summed E-state index contributed by atoms with van der Waals surface area (Å²) < 4.78 is 40.6. The number of alkyl halides is 3. The third-order valence-electron chi connectivity index (χ3n) is 2.03. The second-order valence-electron chi connectivity index (χ2n) is 3.60. The summed E-state index contributed by atoms with van der Waals surface area (Å²) in [4.78, 5) is 3.99. The minimum atomic E-state index is -4.12. The molecule has 3 nitrogen and oxygen atoms in total. The van der Waals surface area contributed by atoms with Crippen molar-refractivity contribution >= 4 is 0 Å². The fourth-order valence-corrected chi connectivity index (χ4v) is 1.25. The van der Waals surface area contributed by atoms with Crippen LogP contribution in [0.2, 0.25) is 0 Å². The number of hydrogen-bond acceptors (Lipinski definition) is 3. The molecule has 1 aromatic rings. The summed E-state index contributed by atoms with van der Waals surface area (Å²) in [6.45, 7) is 0.721. The average Bonchev–Trinajstić information content (AvgIpc) is 2.26. The second-order valence-corrected chi connectivity index (χ2v) is 3.60. The largest absolute Gasteiger partial charge is 0.478 e. The molecule has 0 atom stereocenters. The van der Waals surface area contributed by atoms with Gasteiger partial charge in [0.05, 0.1) is 6.61 Å². The molecule has 1 aromatic heterocycles. The number of aromatic nitrogens is 1. The summed E-state index contributed by atoms with van der Waals surface area (Å²) in [7, 11) is 1.82. The Morgan fingerprint density at radius 3 is 2.65 bits per heavy atom. The van der Waals surface area contributed by atoms with E-state index in [0.29, 0.717) is 12.4 Å². The van der Waals surface area contributed by atoms with Crippen molar-refractivity contribution < 1.29 is 17.9 Å². The van der Waals surface area contributed by atoms with Gasteiger partial charge in [0.15, 0.2) is 0 Å². The Bertz CT molecular complexity index is 324. The Morgan fingerprint density at radius 2 is 2.12 bits per heavy atom. The first-order valence-corrected chi connectivity index (χ1v) is 5.30. The molecular weight excluding hydrogens is 233 g/mol. The molecule has 0 fully saturated rings. The Kier molecular flexibility index (Phi) is 5.21. The molecule has 0 aliphatic carbocycles. The molecule has 0 spiro atoms. The fourth-order valence-electron chi connectivity index (χ4n) is 1.25. The van der Waals surface area contributed by atoms with E-state index in [1.54, 1.807) is 12.3 Å².